The summed E-state index contributed by atoms with van der Waals surface area (Å²) in [5.74, 6) is 0.683. The first-order valence-corrected chi connectivity index (χ1v) is 7.70. The van der Waals surface area contributed by atoms with Crippen molar-refractivity contribution in [3.8, 4) is 0 Å². The monoisotopic (exact) mass is 348 g/mol. The van der Waals surface area contributed by atoms with Crippen molar-refractivity contribution >= 4 is 29.8 Å². The van der Waals surface area contributed by atoms with E-state index in [1.807, 2.05) is 20.8 Å². The Morgan fingerprint density at radius 3 is 2.62 bits per heavy atom. The molecule has 1 N–H and O–H groups in total. The minimum atomic E-state index is -0.406. The molecule has 1 aromatic carbocycles. The van der Waals surface area contributed by atoms with Crippen molar-refractivity contribution in [1.29, 1.82) is 0 Å². The highest BCUT2D eigenvalue weighted by atomic mass is 32.1. The maximum atomic E-state index is 11.2. The van der Waals surface area contributed by atoms with Crippen molar-refractivity contribution in [1.82, 2.24) is 14.9 Å². The Labute approximate surface area is 145 Å². The van der Waals surface area contributed by atoms with Crippen molar-refractivity contribution in [2.75, 3.05) is 19.0 Å². The molecule has 0 radical (unpaired) electrons. The minimum Gasteiger partial charge on any atom is -0.372 e. The van der Waals surface area contributed by atoms with Crippen LogP contribution in [0.25, 0.3) is 0 Å². The number of hydrogen-bond donors (Lipinski definition) is 1. The van der Waals surface area contributed by atoms with Gasteiger partial charge in [0.05, 0.1) is 11.1 Å². The summed E-state index contributed by atoms with van der Waals surface area (Å²) in [5, 5.41) is 22.5. The van der Waals surface area contributed by atoms with Gasteiger partial charge in [0.2, 0.25) is 4.77 Å². The smallest absolute Gasteiger partial charge is 0.293 e. The van der Waals surface area contributed by atoms with E-state index in [0.717, 1.165) is 0 Å². The van der Waals surface area contributed by atoms with Gasteiger partial charge >= 0.3 is 0 Å². The summed E-state index contributed by atoms with van der Waals surface area (Å²) in [7, 11) is 3.52. The molecule has 1 heterocycles. The molecule has 0 bridgehead atoms. The predicted molar refractivity (Wildman–Crippen MR) is 96.5 cm³/mol. The second kappa shape index (κ2) is 6.52. The molecule has 0 spiro atoms. The Kier molecular flexibility index (Phi) is 4.83. The molecule has 128 valence electrons. The van der Waals surface area contributed by atoms with Crippen LogP contribution in [0.4, 0.5) is 11.4 Å². The molecule has 0 fully saturated rings. The number of nitro groups is 1. The van der Waals surface area contributed by atoms with Crippen LogP contribution in [0.5, 0.6) is 0 Å². The Morgan fingerprint density at radius 2 is 2.08 bits per heavy atom. The zero-order chi connectivity index (χ0) is 18.1. The largest absolute Gasteiger partial charge is 0.372 e. The standard InChI is InChI=1S/C15H20N6O2S/c1-15(2,3)13-17-18-14(24)20(13)16-9-10-6-7-11(19(4)5)12(8-10)21(22)23/h6-9H,1-5H3,(H,18,24)/b16-9-. The van der Waals surface area contributed by atoms with Crippen LogP contribution in [-0.2, 0) is 5.41 Å². The van der Waals surface area contributed by atoms with E-state index in [4.69, 9.17) is 12.2 Å². The van der Waals surface area contributed by atoms with E-state index in [1.54, 1.807) is 31.1 Å². The molecule has 0 aliphatic carbocycles. The van der Waals surface area contributed by atoms with Crippen LogP contribution < -0.4 is 4.90 Å². The van der Waals surface area contributed by atoms with Gasteiger partial charge in [-0.25, -0.2) is 0 Å². The van der Waals surface area contributed by atoms with Crippen LogP contribution >= 0.6 is 12.2 Å². The van der Waals surface area contributed by atoms with Gasteiger partial charge in [0.25, 0.3) is 5.69 Å². The van der Waals surface area contributed by atoms with Crippen LogP contribution in [-0.4, -0.2) is 40.1 Å². The number of H-pyrrole nitrogens is 1. The lowest BCUT2D eigenvalue weighted by molar-refractivity contribution is -0.384. The summed E-state index contributed by atoms with van der Waals surface area (Å²) in [6, 6.07) is 4.95. The third-order valence-corrected chi connectivity index (χ3v) is 3.59. The zero-order valence-electron chi connectivity index (χ0n) is 14.3. The molecule has 2 aromatic rings. The normalized spacial score (nSPS) is 11.9. The van der Waals surface area contributed by atoms with E-state index in [2.05, 4.69) is 15.3 Å². The molecule has 9 heteroatoms. The summed E-state index contributed by atoms with van der Waals surface area (Å²) in [6.07, 6.45) is 1.53. The SMILES string of the molecule is CN(C)c1ccc(/C=N\n2c(C(C)(C)C)n[nH]c2=S)cc1[N+](=O)[O-]. The summed E-state index contributed by atoms with van der Waals surface area (Å²) >= 11 is 5.20. The number of aromatic nitrogens is 3. The van der Waals surface area contributed by atoms with Gasteiger partial charge in [-0.05, 0) is 18.3 Å². The van der Waals surface area contributed by atoms with Crippen molar-refractivity contribution < 1.29 is 4.92 Å². The molecule has 0 aliphatic rings. The number of nitrogens with zero attached hydrogens (tertiary/aromatic N) is 5. The van der Waals surface area contributed by atoms with Crippen LogP contribution in [0, 0.1) is 14.9 Å². The third kappa shape index (κ3) is 3.67. The first-order valence-electron chi connectivity index (χ1n) is 7.29. The number of anilines is 1. The molecule has 0 amide bonds. The second-order valence-electron chi connectivity index (χ2n) is 6.56. The summed E-state index contributed by atoms with van der Waals surface area (Å²) < 4.78 is 1.90. The molecule has 8 nitrogen and oxygen atoms in total. The highest BCUT2D eigenvalue weighted by Gasteiger charge is 2.21. The average Bonchev–Trinajstić information content (AvgIpc) is 2.85. The van der Waals surface area contributed by atoms with Crippen LogP contribution in [0.15, 0.2) is 23.3 Å². The summed E-state index contributed by atoms with van der Waals surface area (Å²) in [6.45, 7) is 6.00. The number of rotatable bonds is 4. The Balaban J connectivity index is 2.44. The van der Waals surface area contributed by atoms with Gasteiger partial charge < -0.3 is 4.90 Å². The molecule has 0 atom stereocenters. The second-order valence-corrected chi connectivity index (χ2v) is 6.95. The Bertz CT molecular complexity index is 844. The van der Waals surface area contributed by atoms with Crippen molar-refractivity contribution in [2.24, 2.45) is 5.10 Å². The molecule has 0 saturated carbocycles. The van der Waals surface area contributed by atoms with E-state index in [0.29, 0.717) is 21.8 Å². The van der Waals surface area contributed by atoms with Gasteiger partial charge in [-0.1, -0.05) is 26.8 Å². The van der Waals surface area contributed by atoms with Gasteiger partial charge in [0.1, 0.15) is 5.69 Å². The zero-order valence-corrected chi connectivity index (χ0v) is 15.1. The lowest BCUT2D eigenvalue weighted by Gasteiger charge is -2.16. The van der Waals surface area contributed by atoms with Gasteiger partial charge in [-0.2, -0.15) is 14.9 Å². The van der Waals surface area contributed by atoms with E-state index >= 15 is 0 Å². The first kappa shape index (κ1) is 17.8. The minimum absolute atomic E-state index is 0.0239. The van der Waals surface area contributed by atoms with Gasteiger partial charge in [0.15, 0.2) is 5.82 Å². The van der Waals surface area contributed by atoms with Crippen molar-refractivity contribution in [3.05, 3.63) is 44.5 Å². The lowest BCUT2D eigenvalue weighted by atomic mass is 9.96. The third-order valence-electron chi connectivity index (χ3n) is 3.32. The number of nitrogens with one attached hydrogen (secondary N) is 1. The number of aromatic amines is 1. The maximum Gasteiger partial charge on any atom is 0.293 e. The topological polar surface area (TPSA) is 92.3 Å². The molecular formula is C15H20N6O2S. The molecular weight excluding hydrogens is 328 g/mol. The van der Waals surface area contributed by atoms with E-state index in [1.165, 1.54) is 17.0 Å². The molecule has 1 aromatic heterocycles. The first-order chi connectivity index (χ1) is 11.1. The Morgan fingerprint density at radius 1 is 1.42 bits per heavy atom. The fourth-order valence-electron chi connectivity index (χ4n) is 2.15. The number of nitro benzene ring substituents is 1. The van der Waals surface area contributed by atoms with Crippen molar-refractivity contribution in [3.63, 3.8) is 0 Å². The Hall–Kier alpha value is -2.55. The molecule has 0 unspecified atom stereocenters. The summed E-state index contributed by atoms with van der Waals surface area (Å²) in [5.41, 5.74) is 0.921. The van der Waals surface area contributed by atoms with Crippen molar-refractivity contribution in [2.45, 2.75) is 26.2 Å². The average molecular weight is 348 g/mol. The fraction of sp³-hybridized carbons (Fsp3) is 0.400. The van der Waals surface area contributed by atoms with E-state index in [-0.39, 0.29) is 11.1 Å². The molecule has 0 aliphatic heterocycles. The van der Waals surface area contributed by atoms with Gasteiger partial charge in [-0.15, -0.1) is 0 Å². The highest BCUT2D eigenvalue weighted by molar-refractivity contribution is 7.71. The summed E-state index contributed by atoms with van der Waals surface area (Å²) in [4.78, 5) is 12.5. The van der Waals surface area contributed by atoms with Gasteiger partial charge in [0, 0.05) is 31.1 Å². The molecule has 24 heavy (non-hydrogen) atoms. The number of hydrogen-bond acceptors (Lipinski definition) is 6. The van der Waals surface area contributed by atoms with Crippen LogP contribution in [0.3, 0.4) is 0 Å². The van der Waals surface area contributed by atoms with E-state index in [9.17, 15) is 10.1 Å². The quantitative estimate of drug-likeness (QED) is 0.397. The predicted octanol–water partition coefficient (Wildman–Crippen LogP) is 3.09. The van der Waals surface area contributed by atoms with Crippen LogP contribution in [0.1, 0.15) is 32.2 Å². The number of benzene rings is 1. The molecule has 2 rings (SSSR count). The molecule has 0 saturated heterocycles. The van der Waals surface area contributed by atoms with Gasteiger partial charge in [-0.3, -0.25) is 15.2 Å². The highest BCUT2D eigenvalue weighted by Crippen LogP contribution is 2.27. The lowest BCUT2D eigenvalue weighted by Crippen LogP contribution is -2.17. The fourth-order valence-corrected chi connectivity index (χ4v) is 2.33. The van der Waals surface area contributed by atoms with Crippen LogP contribution in [0.2, 0.25) is 0 Å². The van der Waals surface area contributed by atoms with E-state index < -0.39 is 4.92 Å². The maximum absolute atomic E-state index is 11.2.